The molecular weight excluding hydrogens is 604 g/mol. The molecule has 5 aromatic rings. The van der Waals surface area contributed by atoms with Crippen LogP contribution in [-0.4, -0.2) is 46.9 Å². The van der Waals surface area contributed by atoms with E-state index < -0.39 is 0 Å². The lowest BCUT2D eigenvalue weighted by atomic mass is 9.92. The minimum Gasteiger partial charge on any atom is -0.382 e. The average molecular weight is 641 g/mol. The number of thiophene rings is 1. The summed E-state index contributed by atoms with van der Waals surface area (Å²) in [4.78, 5) is 25.0. The van der Waals surface area contributed by atoms with Crippen molar-refractivity contribution < 1.29 is 4.74 Å². The number of ether oxygens (including phenoxy) is 1. The minimum atomic E-state index is -0.127. The fourth-order valence-corrected chi connectivity index (χ4v) is 7.66. The number of anilines is 3. The molecule has 0 aliphatic carbocycles. The number of hydrogen-bond donors (Lipinski definition) is 3. The summed E-state index contributed by atoms with van der Waals surface area (Å²) in [6.45, 7) is 6.03. The van der Waals surface area contributed by atoms with Gasteiger partial charge in [0.15, 0.2) is 0 Å². The molecular formula is C35H37ClN6O2S. The third kappa shape index (κ3) is 6.63. The summed E-state index contributed by atoms with van der Waals surface area (Å²) in [5, 5.41) is 13.8. The van der Waals surface area contributed by atoms with Crippen molar-refractivity contribution in [2.75, 3.05) is 36.9 Å². The first-order valence-corrected chi connectivity index (χ1v) is 16.9. The Balaban J connectivity index is 1.24. The second kappa shape index (κ2) is 13.3. The summed E-state index contributed by atoms with van der Waals surface area (Å²) in [5.41, 5.74) is 6.02. The zero-order chi connectivity index (χ0) is 30.8. The Morgan fingerprint density at radius 1 is 1.00 bits per heavy atom. The normalized spacial score (nSPS) is 16.2. The van der Waals surface area contributed by atoms with E-state index in [4.69, 9.17) is 21.3 Å². The van der Waals surface area contributed by atoms with Crippen molar-refractivity contribution >= 4 is 51.3 Å². The van der Waals surface area contributed by atoms with E-state index in [1.54, 1.807) is 22.1 Å². The summed E-state index contributed by atoms with van der Waals surface area (Å²) >= 11 is 8.37. The Kier molecular flexibility index (Phi) is 8.85. The minimum absolute atomic E-state index is 0.127. The van der Waals surface area contributed by atoms with Crippen molar-refractivity contribution in [3.63, 3.8) is 0 Å². The van der Waals surface area contributed by atoms with Crippen LogP contribution in [0.5, 0.6) is 0 Å². The molecule has 2 aliphatic heterocycles. The Labute approximate surface area is 271 Å². The van der Waals surface area contributed by atoms with Gasteiger partial charge in [0.1, 0.15) is 5.65 Å². The molecule has 0 atom stereocenters. The third-order valence-electron chi connectivity index (χ3n) is 8.84. The van der Waals surface area contributed by atoms with Crippen LogP contribution in [0.15, 0.2) is 71.0 Å². The Hall–Kier alpha value is -3.76. The molecule has 8 nitrogen and oxygen atoms in total. The van der Waals surface area contributed by atoms with E-state index in [9.17, 15) is 4.79 Å². The van der Waals surface area contributed by atoms with E-state index in [1.807, 2.05) is 43.3 Å². The molecule has 2 aromatic carbocycles. The number of hydrogen-bond acceptors (Lipinski definition) is 8. The van der Waals surface area contributed by atoms with Gasteiger partial charge in [0.25, 0.3) is 5.56 Å². The largest absolute Gasteiger partial charge is 0.382 e. The Bertz CT molecular complexity index is 1860. The van der Waals surface area contributed by atoms with E-state index in [-0.39, 0.29) is 5.56 Å². The molecule has 0 saturated carbocycles. The number of aromatic nitrogens is 3. The van der Waals surface area contributed by atoms with E-state index in [1.165, 1.54) is 10.4 Å². The number of nitrogens with one attached hydrogen (secondary N) is 3. The lowest BCUT2D eigenvalue weighted by Gasteiger charge is -2.24. The fourth-order valence-electron chi connectivity index (χ4n) is 6.37. The van der Waals surface area contributed by atoms with Crippen LogP contribution in [0.3, 0.4) is 0 Å². The van der Waals surface area contributed by atoms with Crippen LogP contribution >= 0.6 is 22.9 Å². The molecule has 0 unspecified atom stereocenters. The molecule has 2 aliphatic rings. The van der Waals surface area contributed by atoms with Gasteiger partial charge in [0.2, 0.25) is 5.95 Å². The lowest BCUT2D eigenvalue weighted by molar-refractivity contribution is 0.0852. The van der Waals surface area contributed by atoms with E-state index in [2.05, 4.69) is 44.5 Å². The van der Waals surface area contributed by atoms with Crippen molar-refractivity contribution in [2.24, 2.45) is 0 Å². The number of fused-ring (bicyclic) bond motifs is 1. The van der Waals surface area contributed by atoms with E-state index in [0.29, 0.717) is 46.2 Å². The molecule has 0 bridgehead atoms. The molecule has 45 heavy (non-hydrogen) atoms. The molecule has 232 valence electrons. The zero-order valence-electron chi connectivity index (χ0n) is 25.3. The number of piperidine rings is 1. The number of halogens is 1. The highest BCUT2D eigenvalue weighted by Gasteiger charge is 2.22. The van der Waals surface area contributed by atoms with Crippen molar-refractivity contribution in [1.29, 1.82) is 0 Å². The number of benzene rings is 2. The number of pyridine rings is 1. The van der Waals surface area contributed by atoms with E-state index in [0.717, 1.165) is 74.3 Å². The van der Waals surface area contributed by atoms with Crippen molar-refractivity contribution in [3.05, 3.63) is 97.6 Å². The molecule has 3 aromatic heterocycles. The Morgan fingerprint density at radius 3 is 2.56 bits per heavy atom. The standard InChI is InChI=1S/C35H37ClN6O2S/c1-22-2-7-29(31(36)18-22)30-19-24-20-38-35(40-26-5-3-25(4-6-26)39-27-8-13-37-14-9-27)41-33(24)42(34(30)43)21-32-28(12-17-45-32)23-10-15-44-16-11-23/h2-7,12,17-20,23,27,37,39H,8-11,13-16,21H2,1H3,(H,38,40,41). The molecule has 10 heteroatoms. The highest BCUT2D eigenvalue weighted by Crippen LogP contribution is 2.34. The predicted molar refractivity (Wildman–Crippen MR) is 184 cm³/mol. The second-order valence-corrected chi connectivity index (χ2v) is 13.4. The predicted octanol–water partition coefficient (Wildman–Crippen LogP) is 7.33. The zero-order valence-corrected chi connectivity index (χ0v) is 26.9. The van der Waals surface area contributed by atoms with Gasteiger partial charge in [-0.15, -0.1) is 11.3 Å². The summed E-state index contributed by atoms with van der Waals surface area (Å²) in [5.74, 6) is 0.863. The molecule has 0 spiro atoms. The van der Waals surface area contributed by atoms with Crippen LogP contribution in [0, 0.1) is 6.92 Å². The monoisotopic (exact) mass is 640 g/mol. The van der Waals surface area contributed by atoms with Crippen molar-refractivity contribution in [3.8, 4) is 11.1 Å². The molecule has 2 saturated heterocycles. The van der Waals surface area contributed by atoms with Crippen LogP contribution in [-0.2, 0) is 11.3 Å². The number of nitrogens with zero attached hydrogens (tertiary/aromatic N) is 3. The average Bonchev–Trinajstić information content (AvgIpc) is 3.53. The quantitative estimate of drug-likeness (QED) is 0.163. The lowest BCUT2D eigenvalue weighted by Crippen LogP contribution is -2.35. The number of rotatable bonds is 8. The van der Waals surface area contributed by atoms with Crippen LogP contribution in [0.25, 0.3) is 22.2 Å². The fraction of sp³-hybridized carbons (Fsp3) is 0.343. The van der Waals surface area contributed by atoms with E-state index >= 15 is 0 Å². The summed E-state index contributed by atoms with van der Waals surface area (Å²) in [6, 6.07) is 18.6. The molecule has 5 heterocycles. The van der Waals surface area contributed by atoms with Gasteiger partial charge in [-0.05, 0) is 111 Å². The smallest absolute Gasteiger partial charge is 0.260 e. The van der Waals surface area contributed by atoms with Crippen LogP contribution < -0.4 is 21.5 Å². The van der Waals surface area contributed by atoms with Gasteiger partial charge in [-0.2, -0.15) is 4.98 Å². The first-order chi connectivity index (χ1) is 22.0. The molecule has 7 rings (SSSR count). The number of aryl methyl sites for hydroxylation is 1. The van der Waals surface area contributed by atoms with Crippen molar-refractivity contribution in [1.82, 2.24) is 19.9 Å². The molecule has 0 amide bonds. The van der Waals surface area contributed by atoms with Gasteiger partial charge >= 0.3 is 0 Å². The van der Waals surface area contributed by atoms with Crippen LogP contribution in [0.2, 0.25) is 5.02 Å². The SMILES string of the molecule is Cc1ccc(-c2cc3cnc(Nc4ccc(NC5CCNCC5)cc4)nc3n(Cc3sccc3C3CCOCC3)c2=O)c(Cl)c1. The Morgan fingerprint density at radius 2 is 1.78 bits per heavy atom. The van der Waals surface area contributed by atoms with Gasteiger partial charge in [0, 0.05) is 63.2 Å². The first-order valence-electron chi connectivity index (χ1n) is 15.7. The molecule has 3 N–H and O–H groups in total. The van der Waals surface area contributed by atoms with Gasteiger partial charge in [-0.3, -0.25) is 9.36 Å². The highest BCUT2D eigenvalue weighted by atomic mass is 35.5. The second-order valence-electron chi connectivity index (χ2n) is 12.0. The maximum absolute atomic E-state index is 14.3. The van der Waals surface area contributed by atoms with Gasteiger partial charge in [-0.25, -0.2) is 4.98 Å². The van der Waals surface area contributed by atoms with Gasteiger partial charge in [-0.1, -0.05) is 23.7 Å². The summed E-state index contributed by atoms with van der Waals surface area (Å²) in [7, 11) is 0. The maximum atomic E-state index is 14.3. The maximum Gasteiger partial charge on any atom is 0.260 e. The van der Waals surface area contributed by atoms with Gasteiger partial charge in [0.05, 0.1) is 6.54 Å². The molecule has 2 fully saturated rings. The topological polar surface area (TPSA) is 93.1 Å². The van der Waals surface area contributed by atoms with Crippen LogP contribution in [0.4, 0.5) is 17.3 Å². The van der Waals surface area contributed by atoms with Gasteiger partial charge < -0.3 is 20.7 Å². The summed E-state index contributed by atoms with van der Waals surface area (Å²) < 4.78 is 7.41. The molecule has 0 radical (unpaired) electrons. The third-order valence-corrected chi connectivity index (χ3v) is 10.1. The highest BCUT2D eigenvalue weighted by molar-refractivity contribution is 7.10. The summed E-state index contributed by atoms with van der Waals surface area (Å²) in [6.07, 6.45) is 5.99. The van der Waals surface area contributed by atoms with Crippen molar-refractivity contribution in [2.45, 2.75) is 51.1 Å². The van der Waals surface area contributed by atoms with Crippen LogP contribution in [0.1, 0.15) is 47.6 Å². The first kappa shape index (κ1) is 29.9.